The molecular formula is C14H28O2Si. The summed E-state index contributed by atoms with van der Waals surface area (Å²) in [5.74, 6) is -0.762. The number of aliphatic carboxylic acids is 1. The summed E-state index contributed by atoms with van der Waals surface area (Å²) in [7, 11) is -1.65. The summed E-state index contributed by atoms with van der Waals surface area (Å²) in [6, 6.07) is 1.14. The predicted molar refractivity (Wildman–Crippen MR) is 77.1 cm³/mol. The minimum absolute atomic E-state index is 0.541. The molecule has 100 valence electrons. The van der Waals surface area contributed by atoms with E-state index >= 15 is 0 Å². The topological polar surface area (TPSA) is 37.3 Å². The molecule has 0 rings (SSSR count). The fraction of sp³-hybridized carbons (Fsp3) is 0.786. The molecule has 0 heterocycles. The molecule has 0 aliphatic carbocycles. The summed E-state index contributed by atoms with van der Waals surface area (Å²) >= 11 is 0. The van der Waals surface area contributed by atoms with Gasteiger partial charge in [0, 0.05) is 5.57 Å². The maximum absolute atomic E-state index is 11.1. The van der Waals surface area contributed by atoms with E-state index in [9.17, 15) is 4.79 Å². The Labute approximate surface area is 107 Å². The fourth-order valence-electron chi connectivity index (χ4n) is 2.79. The summed E-state index contributed by atoms with van der Waals surface area (Å²) in [4.78, 5) is 11.1. The van der Waals surface area contributed by atoms with Crippen LogP contribution >= 0.6 is 0 Å². The van der Waals surface area contributed by atoms with E-state index in [4.69, 9.17) is 5.11 Å². The first-order valence-corrected chi connectivity index (χ1v) is 9.22. The molecule has 0 aliphatic rings. The summed E-state index contributed by atoms with van der Waals surface area (Å²) in [5, 5.41) is 9.10. The fourth-order valence-corrected chi connectivity index (χ4v) is 8.38. The van der Waals surface area contributed by atoms with Gasteiger partial charge in [0.05, 0.1) is 8.07 Å². The van der Waals surface area contributed by atoms with Gasteiger partial charge in [-0.3, -0.25) is 0 Å². The minimum Gasteiger partial charge on any atom is -0.478 e. The van der Waals surface area contributed by atoms with Crippen LogP contribution in [0.5, 0.6) is 0 Å². The molecular weight excluding hydrogens is 228 g/mol. The van der Waals surface area contributed by atoms with E-state index in [1.165, 1.54) is 0 Å². The van der Waals surface area contributed by atoms with Crippen molar-refractivity contribution < 1.29 is 9.90 Å². The molecule has 0 fully saturated rings. The monoisotopic (exact) mass is 256 g/mol. The van der Waals surface area contributed by atoms with Gasteiger partial charge in [-0.25, -0.2) is 4.79 Å². The lowest BCUT2D eigenvalue weighted by Crippen LogP contribution is -2.41. The lowest BCUT2D eigenvalue weighted by Gasteiger charge is -2.39. The Balaban J connectivity index is 5.49. The Morgan fingerprint density at radius 2 is 1.59 bits per heavy atom. The Kier molecular flexibility index (Phi) is 6.76. The third-order valence-electron chi connectivity index (χ3n) is 4.49. The van der Waals surface area contributed by atoms with Crippen LogP contribution in [0.3, 0.4) is 0 Å². The lowest BCUT2D eigenvalue weighted by atomic mass is 10.3. The van der Waals surface area contributed by atoms with Gasteiger partial charge in [-0.05, 0) is 18.0 Å². The average molecular weight is 256 g/mol. The molecule has 0 bridgehead atoms. The normalized spacial score (nSPS) is 19.5. The van der Waals surface area contributed by atoms with Crippen molar-refractivity contribution in [3.8, 4) is 0 Å². The predicted octanol–water partition coefficient (Wildman–Crippen LogP) is 4.63. The number of rotatable bonds is 7. The summed E-state index contributed by atoms with van der Waals surface area (Å²) in [6.07, 6.45) is 2.29. The first-order chi connectivity index (χ1) is 7.85. The highest BCUT2D eigenvalue weighted by Crippen LogP contribution is 2.41. The molecule has 2 nitrogen and oxygen atoms in total. The molecule has 0 aromatic carbocycles. The molecule has 0 radical (unpaired) electrons. The highest BCUT2D eigenvalue weighted by atomic mass is 28.3. The standard InChI is InChI=1S/C14H28O2Si/c1-7-12(5)17(9-3,13(6)8-2)10-11(4)14(15)16/h10,12-13H,7-9H2,1-6H3,(H,15,16). The smallest absolute Gasteiger partial charge is 0.330 e. The first-order valence-electron chi connectivity index (χ1n) is 6.78. The van der Waals surface area contributed by atoms with E-state index in [1.54, 1.807) is 6.92 Å². The Bertz CT molecular complexity index is 274. The number of carbonyl (C=O) groups is 1. The maximum atomic E-state index is 11.1. The van der Waals surface area contributed by atoms with Crippen LogP contribution in [0.2, 0.25) is 17.1 Å². The van der Waals surface area contributed by atoms with Gasteiger partial charge < -0.3 is 5.11 Å². The molecule has 0 aliphatic heterocycles. The van der Waals surface area contributed by atoms with E-state index in [2.05, 4.69) is 40.3 Å². The quantitative estimate of drug-likeness (QED) is 0.533. The van der Waals surface area contributed by atoms with Crippen LogP contribution in [0.1, 0.15) is 54.4 Å². The Morgan fingerprint density at radius 1 is 1.18 bits per heavy atom. The molecule has 2 atom stereocenters. The summed E-state index contributed by atoms with van der Waals surface area (Å²) in [5.41, 5.74) is 3.99. The molecule has 17 heavy (non-hydrogen) atoms. The van der Waals surface area contributed by atoms with Gasteiger partial charge in [-0.1, -0.05) is 59.2 Å². The van der Waals surface area contributed by atoms with E-state index < -0.39 is 14.0 Å². The molecule has 0 saturated carbocycles. The van der Waals surface area contributed by atoms with Crippen LogP contribution in [-0.2, 0) is 4.79 Å². The van der Waals surface area contributed by atoms with Crippen molar-refractivity contribution in [3.63, 3.8) is 0 Å². The third-order valence-corrected chi connectivity index (χ3v) is 11.2. The first kappa shape index (κ1) is 16.4. The summed E-state index contributed by atoms with van der Waals surface area (Å²) in [6.45, 7) is 13.0. The van der Waals surface area contributed by atoms with Crippen molar-refractivity contribution in [3.05, 3.63) is 11.3 Å². The molecule has 0 spiro atoms. The van der Waals surface area contributed by atoms with Crippen LogP contribution in [0, 0.1) is 0 Å². The zero-order valence-electron chi connectivity index (χ0n) is 12.2. The second-order valence-corrected chi connectivity index (χ2v) is 10.4. The van der Waals surface area contributed by atoms with Crippen molar-refractivity contribution in [1.29, 1.82) is 0 Å². The molecule has 0 amide bonds. The van der Waals surface area contributed by atoms with E-state index in [0.29, 0.717) is 16.7 Å². The third kappa shape index (κ3) is 3.70. The van der Waals surface area contributed by atoms with Crippen LogP contribution in [-0.4, -0.2) is 19.1 Å². The molecule has 2 unspecified atom stereocenters. The van der Waals surface area contributed by atoms with Crippen LogP contribution in [0.4, 0.5) is 0 Å². The molecule has 0 aromatic heterocycles. The van der Waals surface area contributed by atoms with E-state index in [0.717, 1.165) is 18.9 Å². The van der Waals surface area contributed by atoms with Crippen molar-refractivity contribution in [2.45, 2.75) is 71.5 Å². The second kappa shape index (κ2) is 6.99. The Hall–Kier alpha value is -0.573. The number of carboxylic acid groups (broad SMARTS) is 1. The second-order valence-electron chi connectivity index (χ2n) is 5.22. The van der Waals surface area contributed by atoms with Gasteiger partial charge in [0.2, 0.25) is 0 Å². The SMILES string of the molecule is CCC(C)[Si](C=C(C)C(=O)O)(CC)C(C)CC. The van der Waals surface area contributed by atoms with E-state index in [-0.39, 0.29) is 0 Å². The van der Waals surface area contributed by atoms with Crippen molar-refractivity contribution in [1.82, 2.24) is 0 Å². The van der Waals surface area contributed by atoms with Crippen LogP contribution in [0.15, 0.2) is 11.3 Å². The molecule has 0 aromatic rings. The zero-order chi connectivity index (χ0) is 13.6. The van der Waals surface area contributed by atoms with Crippen molar-refractivity contribution in [2.75, 3.05) is 0 Å². The van der Waals surface area contributed by atoms with Gasteiger partial charge in [-0.15, -0.1) is 0 Å². The maximum Gasteiger partial charge on any atom is 0.330 e. The van der Waals surface area contributed by atoms with E-state index in [1.807, 2.05) is 0 Å². The number of hydrogen-bond donors (Lipinski definition) is 1. The van der Waals surface area contributed by atoms with Gasteiger partial charge in [0.15, 0.2) is 0 Å². The average Bonchev–Trinajstić information content (AvgIpc) is 2.33. The molecule has 0 saturated heterocycles. The molecule has 1 N–H and O–H groups in total. The minimum atomic E-state index is -1.65. The van der Waals surface area contributed by atoms with Crippen molar-refractivity contribution in [2.24, 2.45) is 0 Å². The van der Waals surface area contributed by atoms with Crippen LogP contribution < -0.4 is 0 Å². The van der Waals surface area contributed by atoms with Gasteiger partial charge in [-0.2, -0.15) is 0 Å². The van der Waals surface area contributed by atoms with Gasteiger partial charge in [0.1, 0.15) is 0 Å². The number of carboxylic acids is 1. The summed E-state index contributed by atoms with van der Waals surface area (Å²) < 4.78 is 0. The van der Waals surface area contributed by atoms with Gasteiger partial charge >= 0.3 is 5.97 Å². The highest BCUT2D eigenvalue weighted by Gasteiger charge is 2.39. The largest absolute Gasteiger partial charge is 0.478 e. The highest BCUT2D eigenvalue weighted by molar-refractivity contribution is 6.87. The lowest BCUT2D eigenvalue weighted by molar-refractivity contribution is -0.132. The van der Waals surface area contributed by atoms with Crippen LogP contribution in [0.25, 0.3) is 0 Å². The Morgan fingerprint density at radius 3 is 1.82 bits per heavy atom. The van der Waals surface area contributed by atoms with Crippen molar-refractivity contribution >= 4 is 14.0 Å². The molecule has 3 heteroatoms. The zero-order valence-corrected chi connectivity index (χ0v) is 13.2. The van der Waals surface area contributed by atoms with Gasteiger partial charge in [0.25, 0.3) is 0 Å². The number of hydrogen-bond acceptors (Lipinski definition) is 1.